The van der Waals surface area contributed by atoms with Crippen LogP contribution < -0.4 is 0 Å². The monoisotopic (exact) mass is 299 g/mol. The van der Waals surface area contributed by atoms with E-state index in [1.807, 2.05) is 39.0 Å². The summed E-state index contributed by atoms with van der Waals surface area (Å²) in [5.74, 6) is 0.458. The van der Waals surface area contributed by atoms with Crippen LogP contribution in [-0.2, 0) is 10.2 Å². The predicted octanol–water partition coefficient (Wildman–Crippen LogP) is 2.73. The number of pyridine rings is 1. The first kappa shape index (κ1) is 14.8. The molecule has 5 heteroatoms. The molecular weight excluding hydrogens is 278 g/mol. The van der Waals surface area contributed by atoms with E-state index in [-0.39, 0.29) is 12.0 Å². The van der Waals surface area contributed by atoms with Gasteiger partial charge in [0, 0.05) is 25.2 Å². The Kier molecular flexibility index (Phi) is 3.36. The first-order valence-corrected chi connectivity index (χ1v) is 7.69. The van der Waals surface area contributed by atoms with Crippen molar-refractivity contribution < 1.29 is 9.53 Å². The Morgan fingerprint density at radius 1 is 1.45 bits per heavy atom. The number of likely N-dealkylation sites (tertiary alicyclic amines) is 1. The molecule has 0 aromatic carbocycles. The lowest BCUT2D eigenvalue weighted by molar-refractivity contribution is 0.0207. The van der Waals surface area contributed by atoms with Crippen LogP contribution in [0.2, 0.25) is 0 Å². The first-order valence-electron chi connectivity index (χ1n) is 7.69. The quantitative estimate of drug-likeness (QED) is 0.799. The molecule has 1 amide bonds. The summed E-state index contributed by atoms with van der Waals surface area (Å²) in [5.41, 5.74) is -0.193. The van der Waals surface area contributed by atoms with Crippen molar-refractivity contribution >= 4 is 6.09 Å². The lowest BCUT2D eigenvalue weighted by Gasteiger charge is -2.29. The van der Waals surface area contributed by atoms with Crippen LogP contribution in [0, 0.1) is 23.2 Å². The molecule has 1 aliphatic heterocycles. The van der Waals surface area contributed by atoms with E-state index in [9.17, 15) is 10.1 Å². The van der Waals surface area contributed by atoms with Crippen LogP contribution in [0.4, 0.5) is 4.79 Å². The number of fused-ring (bicyclic) bond motifs is 1. The molecule has 22 heavy (non-hydrogen) atoms. The minimum atomic E-state index is -0.530. The maximum absolute atomic E-state index is 12.2. The van der Waals surface area contributed by atoms with Crippen LogP contribution in [0.3, 0.4) is 0 Å². The molecule has 5 nitrogen and oxygen atoms in total. The van der Waals surface area contributed by atoms with Crippen molar-refractivity contribution in [1.82, 2.24) is 9.88 Å². The van der Waals surface area contributed by atoms with Gasteiger partial charge in [-0.25, -0.2) is 4.79 Å². The van der Waals surface area contributed by atoms with Gasteiger partial charge < -0.3 is 9.64 Å². The van der Waals surface area contributed by atoms with Crippen LogP contribution in [0.5, 0.6) is 0 Å². The Balaban J connectivity index is 1.75. The zero-order chi connectivity index (χ0) is 16.0. The Morgan fingerprint density at radius 2 is 2.23 bits per heavy atom. The number of piperidine rings is 1. The topological polar surface area (TPSA) is 66.2 Å². The second-order valence-corrected chi connectivity index (χ2v) is 7.12. The molecular formula is C17H21N3O2. The maximum Gasteiger partial charge on any atom is 0.410 e. The fraction of sp³-hybridized carbons (Fsp3) is 0.588. The average molecular weight is 299 g/mol. The van der Waals surface area contributed by atoms with Gasteiger partial charge in [-0.2, -0.15) is 5.26 Å². The molecule has 0 bridgehead atoms. The predicted molar refractivity (Wildman–Crippen MR) is 80.9 cm³/mol. The lowest BCUT2D eigenvalue weighted by Crippen LogP contribution is -2.40. The van der Waals surface area contributed by atoms with E-state index in [0.717, 1.165) is 12.1 Å². The molecule has 0 radical (unpaired) electrons. The van der Waals surface area contributed by atoms with E-state index in [1.54, 1.807) is 11.1 Å². The van der Waals surface area contributed by atoms with E-state index < -0.39 is 11.0 Å². The van der Waals surface area contributed by atoms with Gasteiger partial charge in [0.25, 0.3) is 0 Å². The zero-order valence-electron chi connectivity index (χ0n) is 13.2. The minimum Gasteiger partial charge on any atom is -0.444 e. The van der Waals surface area contributed by atoms with Gasteiger partial charge in [-0.1, -0.05) is 6.07 Å². The summed E-state index contributed by atoms with van der Waals surface area (Å²) in [6.07, 6.45) is 2.27. The molecule has 3 unspecified atom stereocenters. The van der Waals surface area contributed by atoms with E-state index >= 15 is 0 Å². The van der Waals surface area contributed by atoms with Crippen LogP contribution in [0.15, 0.2) is 24.4 Å². The minimum absolute atomic E-state index is 0.161. The van der Waals surface area contributed by atoms with Gasteiger partial charge in [-0.3, -0.25) is 4.98 Å². The van der Waals surface area contributed by atoms with Gasteiger partial charge in [0.1, 0.15) is 11.0 Å². The highest BCUT2D eigenvalue weighted by molar-refractivity contribution is 5.68. The Hall–Kier alpha value is -2.09. The standard InChI is InChI=1S/C17H21N3O2/c1-16(2,3)22-15(21)20-9-7-12-13(10-20)17(12,11-18)14-6-4-5-8-19-14/h4-6,8,12-13H,7,9-10H2,1-3H3. The Morgan fingerprint density at radius 3 is 2.82 bits per heavy atom. The highest BCUT2D eigenvalue weighted by Gasteiger charge is 2.68. The summed E-state index contributed by atoms with van der Waals surface area (Å²) in [6.45, 7) is 6.81. The number of carbonyl (C=O) groups is 1. The highest BCUT2D eigenvalue weighted by Crippen LogP contribution is 2.62. The third kappa shape index (κ3) is 2.33. The van der Waals surface area contributed by atoms with Gasteiger partial charge in [-0.15, -0.1) is 0 Å². The SMILES string of the molecule is CC(C)(C)OC(=O)N1CCC2C(C1)C2(C#N)c1ccccn1. The van der Waals surface area contributed by atoms with E-state index in [1.165, 1.54) is 0 Å². The molecule has 1 aromatic heterocycles. The van der Waals surface area contributed by atoms with Crippen LogP contribution in [-0.4, -0.2) is 34.7 Å². The number of aromatic nitrogens is 1. The van der Waals surface area contributed by atoms with Crippen molar-refractivity contribution in [3.63, 3.8) is 0 Å². The summed E-state index contributed by atoms with van der Waals surface area (Å²) < 4.78 is 5.44. The smallest absolute Gasteiger partial charge is 0.410 e. The van der Waals surface area contributed by atoms with E-state index in [0.29, 0.717) is 19.0 Å². The molecule has 1 aromatic rings. The summed E-state index contributed by atoms with van der Waals surface area (Å²) >= 11 is 0. The maximum atomic E-state index is 12.2. The average Bonchev–Trinajstić information content (AvgIpc) is 3.14. The number of rotatable bonds is 1. The fourth-order valence-electron chi connectivity index (χ4n) is 3.56. The van der Waals surface area contributed by atoms with E-state index in [2.05, 4.69) is 11.1 Å². The van der Waals surface area contributed by atoms with Gasteiger partial charge in [-0.05, 0) is 45.2 Å². The van der Waals surface area contributed by atoms with Crippen molar-refractivity contribution in [1.29, 1.82) is 5.26 Å². The first-order chi connectivity index (χ1) is 10.4. The number of carbonyl (C=O) groups excluding carboxylic acids is 1. The number of hydrogen-bond acceptors (Lipinski definition) is 4. The van der Waals surface area contributed by atoms with Crippen molar-refractivity contribution in [3.05, 3.63) is 30.1 Å². The summed E-state index contributed by atoms with van der Waals surface area (Å²) in [7, 11) is 0. The molecule has 116 valence electrons. The lowest BCUT2D eigenvalue weighted by atomic mass is 9.98. The summed E-state index contributed by atoms with van der Waals surface area (Å²) in [6, 6.07) is 8.16. The highest BCUT2D eigenvalue weighted by atomic mass is 16.6. The van der Waals surface area contributed by atoms with Crippen molar-refractivity contribution in [3.8, 4) is 6.07 Å². The van der Waals surface area contributed by atoms with Crippen LogP contribution >= 0.6 is 0 Å². The van der Waals surface area contributed by atoms with Crippen molar-refractivity contribution in [2.45, 2.75) is 38.2 Å². The molecule has 2 aliphatic rings. The summed E-state index contributed by atoms with van der Waals surface area (Å²) in [4.78, 5) is 18.3. The number of amides is 1. The molecule has 2 fully saturated rings. The van der Waals surface area contributed by atoms with Crippen LogP contribution in [0.25, 0.3) is 0 Å². The van der Waals surface area contributed by atoms with Crippen molar-refractivity contribution in [2.75, 3.05) is 13.1 Å². The van der Waals surface area contributed by atoms with Gasteiger partial charge in [0.05, 0.1) is 11.8 Å². The largest absolute Gasteiger partial charge is 0.444 e. The van der Waals surface area contributed by atoms with Gasteiger partial charge in [0.15, 0.2) is 0 Å². The van der Waals surface area contributed by atoms with E-state index in [4.69, 9.17) is 4.74 Å². The number of hydrogen-bond donors (Lipinski definition) is 0. The second-order valence-electron chi connectivity index (χ2n) is 7.12. The Labute approximate surface area is 130 Å². The molecule has 3 rings (SSSR count). The molecule has 0 N–H and O–H groups in total. The normalized spacial score (nSPS) is 30.2. The second kappa shape index (κ2) is 4.98. The van der Waals surface area contributed by atoms with Crippen LogP contribution in [0.1, 0.15) is 32.9 Å². The molecule has 1 saturated heterocycles. The number of nitriles is 1. The van der Waals surface area contributed by atoms with Gasteiger partial charge >= 0.3 is 6.09 Å². The molecule has 1 aliphatic carbocycles. The van der Waals surface area contributed by atoms with Gasteiger partial charge in [0.2, 0.25) is 0 Å². The molecule has 3 atom stereocenters. The Bertz CT molecular complexity index is 617. The third-order valence-electron chi connectivity index (χ3n) is 4.60. The number of ether oxygens (including phenoxy) is 1. The molecule has 0 spiro atoms. The third-order valence-corrected chi connectivity index (χ3v) is 4.60. The number of nitrogens with zero attached hydrogens (tertiary/aromatic N) is 3. The van der Waals surface area contributed by atoms with Crippen molar-refractivity contribution in [2.24, 2.45) is 11.8 Å². The molecule has 1 saturated carbocycles. The molecule has 2 heterocycles. The summed E-state index contributed by atoms with van der Waals surface area (Å²) in [5, 5.41) is 9.73. The fourth-order valence-corrected chi connectivity index (χ4v) is 3.56. The zero-order valence-corrected chi connectivity index (χ0v) is 13.2.